The van der Waals surface area contributed by atoms with Gasteiger partial charge in [-0.2, -0.15) is 5.10 Å². The zero-order valence-electron chi connectivity index (χ0n) is 18.2. The van der Waals surface area contributed by atoms with Crippen LogP contribution in [0.1, 0.15) is 57.3 Å². The normalized spacial score (nSPS) is 15.2. The molecule has 0 saturated heterocycles. The van der Waals surface area contributed by atoms with Crippen molar-refractivity contribution in [3.8, 4) is 0 Å². The van der Waals surface area contributed by atoms with E-state index in [1.54, 1.807) is 29.3 Å². The Morgan fingerprint density at radius 1 is 1.32 bits per heavy atom. The lowest BCUT2D eigenvalue weighted by atomic mass is 9.99. The maximum Gasteiger partial charge on any atom is 0.411 e. The minimum Gasteiger partial charge on any atom is -0.444 e. The second kappa shape index (κ2) is 7.04. The molecule has 0 aliphatic carbocycles. The van der Waals surface area contributed by atoms with E-state index in [4.69, 9.17) is 4.74 Å². The molecule has 31 heavy (non-hydrogen) atoms. The molecule has 9 heteroatoms. The van der Waals surface area contributed by atoms with Gasteiger partial charge < -0.3 is 4.74 Å². The molecule has 0 fully saturated rings. The molecular formula is C22H25N5O4. The molecular weight excluding hydrogens is 398 g/mol. The highest BCUT2D eigenvalue weighted by atomic mass is 16.6. The highest BCUT2D eigenvalue weighted by Crippen LogP contribution is 2.40. The smallest absolute Gasteiger partial charge is 0.411 e. The molecule has 3 aromatic rings. The third-order valence-corrected chi connectivity index (χ3v) is 5.52. The number of carbonyl (C=O) groups excluding carboxylic acids is 1. The number of hydrogen-bond acceptors (Lipinski definition) is 6. The molecule has 1 amide bonds. The van der Waals surface area contributed by atoms with Crippen LogP contribution in [0.4, 0.5) is 10.5 Å². The monoisotopic (exact) mass is 423 g/mol. The number of aromatic amines is 1. The van der Waals surface area contributed by atoms with Gasteiger partial charge >= 0.3 is 6.09 Å². The zero-order valence-corrected chi connectivity index (χ0v) is 18.2. The summed E-state index contributed by atoms with van der Waals surface area (Å²) in [6, 6.07) is 6.52. The lowest BCUT2D eigenvalue weighted by Gasteiger charge is -2.33. The molecule has 0 atom stereocenters. The van der Waals surface area contributed by atoms with Crippen LogP contribution in [0, 0.1) is 10.1 Å². The molecule has 2 aromatic heterocycles. The van der Waals surface area contributed by atoms with Crippen LogP contribution in [0.3, 0.4) is 0 Å². The number of carbonyl (C=O) groups is 1. The van der Waals surface area contributed by atoms with Crippen LogP contribution >= 0.6 is 0 Å². The first-order valence-corrected chi connectivity index (χ1v) is 10.1. The number of aromatic nitrogens is 3. The van der Waals surface area contributed by atoms with E-state index in [9.17, 15) is 14.9 Å². The van der Waals surface area contributed by atoms with Crippen molar-refractivity contribution in [2.24, 2.45) is 0 Å². The van der Waals surface area contributed by atoms with Crippen molar-refractivity contribution in [2.45, 2.75) is 58.7 Å². The fourth-order valence-electron chi connectivity index (χ4n) is 3.97. The molecule has 0 spiro atoms. The number of nitro benzene ring substituents is 1. The van der Waals surface area contributed by atoms with E-state index in [0.717, 1.165) is 33.4 Å². The number of amides is 1. The second-order valence-electron chi connectivity index (χ2n) is 9.25. The summed E-state index contributed by atoms with van der Waals surface area (Å²) in [6.07, 6.45) is 1.74. The summed E-state index contributed by atoms with van der Waals surface area (Å²) in [5.74, 6) is 0. The van der Waals surface area contributed by atoms with Gasteiger partial charge in [-0.25, -0.2) is 4.79 Å². The van der Waals surface area contributed by atoms with E-state index in [0.29, 0.717) is 13.0 Å². The van der Waals surface area contributed by atoms with E-state index in [1.807, 2.05) is 34.6 Å². The fraction of sp³-hybridized carbons (Fsp3) is 0.409. The largest absolute Gasteiger partial charge is 0.444 e. The topological polar surface area (TPSA) is 114 Å². The van der Waals surface area contributed by atoms with Crippen molar-refractivity contribution in [1.82, 2.24) is 20.1 Å². The number of pyridine rings is 1. The Bertz CT molecular complexity index is 1190. The third-order valence-electron chi connectivity index (χ3n) is 5.52. The SMILES string of the molecule is CC(C)(C)OC(=O)N1Cc2c(n[nH]c2Cc2nccc3cc([N+](=O)[O-])ccc23)C1(C)C. The Morgan fingerprint density at radius 3 is 2.74 bits per heavy atom. The predicted molar refractivity (Wildman–Crippen MR) is 115 cm³/mol. The molecule has 0 saturated carbocycles. The number of benzene rings is 1. The molecule has 4 rings (SSSR count). The summed E-state index contributed by atoms with van der Waals surface area (Å²) in [4.78, 5) is 29.6. The Kier molecular flexibility index (Phi) is 4.72. The van der Waals surface area contributed by atoms with E-state index < -0.39 is 16.1 Å². The minimum absolute atomic E-state index is 0.0434. The summed E-state index contributed by atoms with van der Waals surface area (Å²) in [5.41, 5.74) is 2.26. The van der Waals surface area contributed by atoms with Crippen LogP contribution in [-0.2, 0) is 23.2 Å². The van der Waals surface area contributed by atoms with Crippen LogP contribution in [0.2, 0.25) is 0 Å². The van der Waals surface area contributed by atoms with Crippen molar-refractivity contribution in [2.75, 3.05) is 0 Å². The van der Waals surface area contributed by atoms with Gasteiger partial charge in [0, 0.05) is 41.4 Å². The van der Waals surface area contributed by atoms with Crippen LogP contribution in [0.15, 0.2) is 30.5 Å². The van der Waals surface area contributed by atoms with E-state index in [-0.39, 0.29) is 11.8 Å². The maximum atomic E-state index is 12.8. The molecule has 1 aliphatic heterocycles. The van der Waals surface area contributed by atoms with Gasteiger partial charge in [-0.3, -0.25) is 25.1 Å². The van der Waals surface area contributed by atoms with E-state index in [2.05, 4.69) is 15.2 Å². The highest BCUT2D eigenvalue weighted by Gasteiger charge is 2.45. The number of nitrogens with zero attached hydrogens (tertiary/aromatic N) is 4. The number of fused-ring (bicyclic) bond motifs is 2. The van der Waals surface area contributed by atoms with Gasteiger partial charge in [0.15, 0.2) is 0 Å². The van der Waals surface area contributed by atoms with Crippen molar-refractivity contribution in [3.05, 3.63) is 63.2 Å². The molecule has 0 radical (unpaired) electrons. The number of rotatable bonds is 3. The molecule has 0 unspecified atom stereocenters. The van der Waals surface area contributed by atoms with Gasteiger partial charge in [-0.1, -0.05) is 0 Å². The number of nitrogens with one attached hydrogen (secondary N) is 1. The van der Waals surface area contributed by atoms with E-state index >= 15 is 0 Å². The average Bonchev–Trinajstić information content (AvgIpc) is 3.18. The molecule has 1 aliphatic rings. The maximum absolute atomic E-state index is 12.8. The Labute approximate surface area is 179 Å². The third kappa shape index (κ3) is 3.71. The minimum atomic E-state index is -0.612. The Hall–Kier alpha value is -3.49. The van der Waals surface area contributed by atoms with Gasteiger partial charge in [0.05, 0.1) is 28.4 Å². The molecule has 9 nitrogen and oxygen atoms in total. The number of ether oxygens (including phenoxy) is 1. The van der Waals surface area contributed by atoms with E-state index in [1.165, 1.54) is 6.07 Å². The Balaban J connectivity index is 1.66. The summed E-state index contributed by atoms with van der Waals surface area (Å²) in [6.45, 7) is 9.81. The van der Waals surface area contributed by atoms with Gasteiger partial charge in [0.2, 0.25) is 0 Å². The highest BCUT2D eigenvalue weighted by molar-refractivity contribution is 5.86. The molecule has 1 N–H and O–H groups in total. The number of nitro groups is 1. The predicted octanol–water partition coefficient (Wildman–Crippen LogP) is 4.44. The first-order valence-electron chi connectivity index (χ1n) is 10.1. The standard InChI is InChI=1S/C22H25N5O4/c1-21(2,3)31-20(28)26-12-16-18(24-25-19(16)22(26,4)5)11-17-15-7-6-14(27(29)30)10-13(15)8-9-23-17/h6-10H,11-12H2,1-5H3,(H,24,25). The van der Waals surface area contributed by atoms with Crippen molar-refractivity contribution in [1.29, 1.82) is 0 Å². The second-order valence-corrected chi connectivity index (χ2v) is 9.25. The number of hydrogen-bond donors (Lipinski definition) is 1. The van der Waals surface area contributed by atoms with Gasteiger partial charge in [-0.15, -0.1) is 0 Å². The lowest BCUT2D eigenvalue weighted by Crippen LogP contribution is -2.43. The molecule has 1 aromatic carbocycles. The summed E-state index contributed by atoms with van der Waals surface area (Å²) >= 11 is 0. The van der Waals surface area contributed by atoms with Crippen LogP contribution in [-0.4, -0.2) is 36.7 Å². The summed E-state index contributed by atoms with van der Waals surface area (Å²) in [7, 11) is 0. The lowest BCUT2D eigenvalue weighted by molar-refractivity contribution is -0.384. The quantitative estimate of drug-likeness (QED) is 0.492. The fourth-order valence-corrected chi connectivity index (χ4v) is 3.97. The first kappa shape index (κ1) is 20.8. The zero-order chi connectivity index (χ0) is 22.6. The van der Waals surface area contributed by atoms with Crippen LogP contribution in [0.25, 0.3) is 10.8 Å². The van der Waals surface area contributed by atoms with Crippen LogP contribution in [0.5, 0.6) is 0 Å². The Morgan fingerprint density at radius 2 is 2.06 bits per heavy atom. The van der Waals surface area contributed by atoms with Crippen molar-refractivity contribution in [3.63, 3.8) is 0 Å². The van der Waals surface area contributed by atoms with Crippen molar-refractivity contribution >= 4 is 22.6 Å². The molecule has 3 heterocycles. The number of H-pyrrole nitrogens is 1. The average molecular weight is 423 g/mol. The number of non-ortho nitro benzene ring substituents is 1. The first-order chi connectivity index (χ1) is 14.5. The van der Waals surface area contributed by atoms with Gasteiger partial charge in [-0.05, 0) is 52.1 Å². The van der Waals surface area contributed by atoms with Crippen LogP contribution < -0.4 is 0 Å². The molecule has 162 valence electrons. The van der Waals surface area contributed by atoms with Gasteiger partial charge in [0.25, 0.3) is 5.69 Å². The summed E-state index contributed by atoms with van der Waals surface area (Å²) in [5, 5.41) is 20.3. The van der Waals surface area contributed by atoms with Crippen molar-refractivity contribution < 1.29 is 14.5 Å². The molecule has 0 bridgehead atoms. The van der Waals surface area contributed by atoms with Gasteiger partial charge in [0.1, 0.15) is 5.60 Å². The summed E-state index contributed by atoms with van der Waals surface area (Å²) < 4.78 is 5.59.